The van der Waals surface area contributed by atoms with Crippen molar-refractivity contribution in [2.45, 2.75) is 35.8 Å². The van der Waals surface area contributed by atoms with Crippen LogP contribution in [0.25, 0.3) is 0 Å². The summed E-state index contributed by atoms with van der Waals surface area (Å²) in [7, 11) is -3.56. The van der Waals surface area contributed by atoms with Gasteiger partial charge >= 0.3 is 0 Å². The predicted molar refractivity (Wildman–Crippen MR) is 81.5 cm³/mol. The number of anilines is 1. The van der Waals surface area contributed by atoms with Gasteiger partial charge < -0.3 is 4.90 Å². The zero-order valence-corrected chi connectivity index (χ0v) is 13.1. The highest BCUT2D eigenvalue weighted by molar-refractivity contribution is 7.92. The van der Waals surface area contributed by atoms with Crippen molar-refractivity contribution in [3.05, 3.63) is 24.3 Å². The minimum Gasteiger partial charge on any atom is -0.369 e. The zero-order valence-electron chi connectivity index (χ0n) is 12.2. The number of benzene rings is 1. The van der Waals surface area contributed by atoms with Crippen LogP contribution in [-0.4, -0.2) is 37.9 Å². The third-order valence-electron chi connectivity index (χ3n) is 4.62. The van der Waals surface area contributed by atoms with E-state index >= 15 is 0 Å². The van der Waals surface area contributed by atoms with Crippen LogP contribution in [0.15, 0.2) is 29.2 Å². The third-order valence-corrected chi connectivity index (χ3v) is 6.77. The molecule has 0 radical (unpaired) electrons. The van der Waals surface area contributed by atoms with Crippen LogP contribution in [-0.2, 0) is 14.6 Å². The van der Waals surface area contributed by atoms with E-state index in [4.69, 9.17) is 5.21 Å². The number of hydroxylamine groups is 1. The largest absolute Gasteiger partial charge is 0.369 e. The van der Waals surface area contributed by atoms with Gasteiger partial charge in [-0.25, -0.2) is 13.9 Å². The van der Waals surface area contributed by atoms with Gasteiger partial charge in [-0.1, -0.05) is 18.6 Å². The van der Waals surface area contributed by atoms with Crippen LogP contribution < -0.4 is 10.4 Å². The molecule has 1 saturated carbocycles. The maximum Gasteiger partial charge on any atom is 0.244 e. The molecule has 120 valence electrons. The molecule has 1 atom stereocenters. The molecule has 1 aromatic carbocycles. The van der Waals surface area contributed by atoms with E-state index in [1.165, 1.54) is 24.7 Å². The Morgan fingerprint density at radius 2 is 2.05 bits per heavy atom. The van der Waals surface area contributed by atoms with Gasteiger partial charge in [-0.15, -0.1) is 0 Å². The molecule has 1 unspecified atom stereocenters. The first-order chi connectivity index (χ1) is 10.5. The van der Waals surface area contributed by atoms with E-state index in [-0.39, 0.29) is 11.3 Å². The normalized spacial score (nSPS) is 23.5. The number of sulfone groups is 1. The van der Waals surface area contributed by atoms with Gasteiger partial charge in [-0.3, -0.25) is 10.0 Å². The van der Waals surface area contributed by atoms with Crippen LogP contribution in [0.3, 0.4) is 0 Å². The second-order valence-electron chi connectivity index (χ2n) is 6.08. The highest BCUT2D eigenvalue weighted by atomic mass is 32.2. The highest BCUT2D eigenvalue weighted by Gasteiger charge is 2.39. The summed E-state index contributed by atoms with van der Waals surface area (Å²) in [4.78, 5) is 13.8. The summed E-state index contributed by atoms with van der Waals surface area (Å²) < 4.78 is 25.4. The molecule has 22 heavy (non-hydrogen) atoms. The molecule has 3 rings (SSSR count). The van der Waals surface area contributed by atoms with E-state index in [1.807, 2.05) is 12.1 Å². The topological polar surface area (TPSA) is 86.7 Å². The summed E-state index contributed by atoms with van der Waals surface area (Å²) >= 11 is 0. The Labute approximate surface area is 130 Å². The second kappa shape index (κ2) is 5.89. The van der Waals surface area contributed by atoms with E-state index < -0.39 is 21.0 Å². The lowest BCUT2D eigenvalue weighted by Crippen LogP contribution is -2.46. The van der Waals surface area contributed by atoms with Crippen molar-refractivity contribution in [3.8, 4) is 0 Å². The van der Waals surface area contributed by atoms with E-state index in [9.17, 15) is 13.2 Å². The fourth-order valence-electron chi connectivity index (χ4n) is 3.17. The Balaban J connectivity index is 1.93. The molecule has 1 aliphatic heterocycles. The molecule has 1 fully saturated rings. The number of fused-ring (bicyclic) bond motifs is 1. The summed E-state index contributed by atoms with van der Waals surface area (Å²) in [5.74, 6) is -0.0715. The number of nitrogens with zero attached hydrogens (tertiary/aromatic N) is 1. The van der Waals surface area contributed by atoms with Crippen LogP contribution in [0, 0.1) is 5.92 Å². The molecule has 1 amide bonds. The van der Waals surface area contributed by atoms with Crippen molar-refractivity contribution >= 4 is 21.4 Å². The van der Waals surface area contributed by atoms with Crippen molar-refractivity contribution in [2.75, 3.05) is 18.0 Å². The van der Waals surface area contributed by atoms with Crippen molar-refractivity contribution in [1.29, 1.82) is 0 Å². The van der Waals surface area contributed by atoms with Crippen LogP contribution in [0.2, 0.25) is 0 Å². The van der Waals surface area contributed by atoms with E-state index in [1.54, 1.807) is 12.1 Å². The van der Waals surface area contributed by atoms with Crippen LogP contribution in [0.5, 0.6) is 0 Å². The number of para-hydroxylation sites is 1. The maximum absolute atomic E-state index is 12.7. The molecule has 1 aromatic rings. The molecule has 0 bridgehead atoms. The molecule has 7 heteroatoms. The first-order valence-corrected chi connectivity index (χ1v) is 9.08. The first kappa shape index (κ1) is 15.3. The minimum atomic E-state index is -3.56. The average Bonchev–Trinajstić information content (AvgIpc) is 2.47. The lowest BCUT2D eigenvalue weighted by Gasteiger charge is -2.39. The Morgan fingerprint density at radius 1 is 1.32 bits per heavy atom. The number of hydrogen-bond donors (Lipinski definition) is 2. The standard InChI is InChI=1S/C15H20N2O4S/c18-15(16-19)8-12-10-17(9-11-4-3-5-11)13-6-1-2-7-14(13)22(12,20)21/h1-2,6-7,11-12,19H,3-5,8-10H2,(H,16,18). The van der Waals surface area contributed by atoms with Crippen LogP contribution in [0.4, 0.5) is 5.69 Å². The number of carbonyl (C=O) groups is 1. The van der Waals surface area contributed by atoms with Gasteiger partial charge in [-0.05, 0) is 30.9 Å². The van der Waals surface area contributed by atoms with E-state index in [0.29, 0.717) is 12.5 Å². The fraction of sp³-hybridized carbons (Fsp3) is 0.533. The Bertz CT molecular complexity index is 670. The van der Waals surface area contributed by atoms with Crippen molar-refractivity contribution in [2.24, 2.45) is 5.92 Å². The smallest absolute Gasteiger partial charge is 0.244 e. The molecular formula is C15H20N2O4S. The number of rotatable bonds is 4. The molecule has 1 aliphatic carbocycles. The van der Waals surface area contributed by atoms with E-state index in [0.717, 1.165) is 12.2 Å². The molecular weight excluding hydrogens is 304 g/mol. The quantitative estimate of drug-likeness (QED) is 0.645. The van der Waals surface area contributed by atoms with Gasteiger partial charge in [0.15, 0.2) is 9.84 Å². The number of amides is 1. The SMILES string of the molecule is O=C(CC1CN(CC2CCC2)c2ccccc2S1(=O)=O)NO. The van der Waals surface area contributed by atoms with Gasteiger partial charge in [-0.2, -0.15) is 0 Å². The molecule has 2 aliphatic rings. The summed E-state index contributed by atoms with van der Waals surface area (Å²) in [6, 6.07) is 6.96. The molecule has 0 spiro atoms. The van der Waals surface area contributed by atoms with Crippen LogP contribution >= 0.6 is 0 Å². The predicted octanol–water partition coefficient (Wildman–Crippen LogP) is 1.34. The summed E-state index contributed by atoms with van der Waals surface area (Å²) in [5, 5.41) is 7.86. The van der Waals surface area contributed by atoms with E-state index in [2.05, 4.69) is 4.90 Å². The number of carbonyl (C=O) groups excluding carboxylic acids is 1. The summed E-state index contributed by atoms with van der Waals surface area (Å²) in [5.41, 5.74) is 2.26. The monoisotopic (exact) mass is 324 g/mol. The molecule has 0 aromatic heterocycles. The van der Waals surface area contributed by atoms with Gasteiger partial charge in [0.25, 0.3) is 0 Å². The van der Waals surface area contributed by atoms with Gasteiger partial charge in [0, 0.05) is 19.5 Å². The molecule has 6 nitrogen and oxygen atoms in total. The highest BCUT2D eigenvalue weighted by Crippen LogP contribution is 2.37. The lowest BCUT2D eigenvalue weighted by molar-refractivity contribution is -0.129. The Kier molecular flexibility index (Phi) is 4.10. The van der Waals surface area contributed by atoms with Crippen LogP contribution in [0.1, 0.15) is 25.7 Å². The van der Waals surface area contributed by atoms with Crippen molar-refractivity contribution in [3.63, 3.8) is 0 Å². The fourth-order valence-corrected chi connectivity index (χ4v) is 5.03. The van der Waals surface area contributed by atoms with Gasteiger partial charge in [0.2, 0.25) is 5.91 Å². The van der Waals surface area contributed by atoms with Crippen molar-refractivity contribution in [1.82, 2.24) is 5.48 Å². The van der Waals surface area contributed by atoms with Gasteiger partial charge in [0.05, 0.1) is 15.8 Å². The zero-order chi connectivity index (χ0) is 15.7. The summed E-state index contributed by atoms with van der Waals surface area (Å²) in [6.45, 7) is 1.12. The Morgan fingerprint density at radius 3 is 2.68 bits per heavy atom. The number of nitrogens with one attached hydrogen (secondary N) is 1. The lowest BCUT2D eigenvalue weighted by atomic mass is 9.85. The number of hydrogen-bond acceptors (Lipinski definition) is 5. The summed E-state index contributed by atoms with van der Waals surface area (Å²) in [6.07, 6.45) is 3.35. The molecule has 1 heterocycles. The second-order valence-corrected chi connectivity index (χ2v) is 8.27. The minimum absolute atomic E-state index is 0.228. The molecule has 0 saturated heterocycles. The van der Waals surface area contributed by atoms with Gasteiger partial charge in [0.1, 0.15) is 0 Å². The first-order valence-electron chi connectivity index (χ1n) is 7.53. The third kappa shape index (κ3) is 2.70. The maximum atomic E-state index is 12.7. The average molecular weight is 324 g/mol. The Hall–Kier alpha value is -1.60. The molecule has 2 N–H and O–H groups in total. The van der Waals surface area contributed by atoms with Crippen molar-refractivity contribution < 1.29 is 18.4 Å².